The lowest BCUT2D eigenvalue weighted by molar-refractivity contribution is -0.133. The number of guanidine groups is 1. The molecule has 16 heavy (non-hydrogen) atoms. The third-order valence-electron chi connectivity index (χ3n) is 2.35. The van der Waals surface area contributed by atoms with E-state index >= 15 is 0 Å². The molecule has 0 aromatic rings. The maximum atomic E-state index is 11.0. The first-order chi connectivity index (χ1) is 7.52. The van der Waals surface area contributed by atoms with Crippen LogP contribution in [0.25, 0.3) is 0 Å². The monoisotopic (exact) mass is 225 g/mol. The molecule has 0 amide bonds. The lowest BCUT2D eigenvalue weighted by atomic mass is 10.1. The predicted molar refractivity (Wildman–Crippen MR) is 59.8 cm³/mol. The molecule has 0 aliphatic carbocycles. The molecule has 1 rings (SSSR count). The third-order valence-corrected chi connectivity index (χ3v) is 2.35. The van der Waals surface area contributed by atoms with Crippen LogP contribution in [0.1, 0.15) is 6.92 Å². The Morgan fingerprint density at radius 2 is 2.38 bits per heavy atom. The van der Waals surface area contributed by atoms with Crippen LogP contribution in [0.4, 0.5) is 0 Å². The van der Waals surface area contributed by atoms with Gasteiger partial charge in [-0.05, 0) is 6.92 Å². The summed E-state index contributed by atoms with van der Waals surface area (Å²) in [6, 6.07) is 0. The van der Waals surface area contributed by atoms with Gasteiger partial charge in [0, 0.05) is 12.2 Å². The number of allylic oxidation sites excluding steroid dienone is 1. The van der Waals surface area contributed by atoms with Gasteiger partial charge in [-0.3, -0.25) is 5.01 Å². The minimum atomic E-state index is -1.00. The van der Waals surface area contributed by atoms with E-state index in [1.807, 2.05) is 0 Å². The fraction of sp³-hybridized carbons (Fsp3) is 0.333. The number of carboxylic acid groups (broad SMARTS) is 1. The lowest BCUT2D eigenvalue weighted by Crippen LogP contribution is -2.53. The van der Waals surface area contributed by atoms with Gasteiger partial charge < -0.3 is 15.8 Å². The molecule has 0 unspecified atom stereocenters. The highest BCUT2D eigenvalue weighted by molar-refractivity contribution is 5.93. The number of hydrogen-bond acceptors (Lipinski definition) is 4. The molecule has 0 bridgehead atoms. The Morgan fingerprint density at radius 3 is 2.81 bits per heavy atom. The van der Waals surface area contributed by atoms with Gasteiger partial charge in [-0.1, -0.05) is 6.08 Å². The van der Waals surface area contributed by atoms with Gasteiger partial charge in [-0.15, -0.1) is 11.7 Å². The van der Waals surface area contributed by atoms with E-state index in [0.29, 0.717) is 18.2 Å². The summed E-state index contributed by atoms with van der Waals surface area (Å²) >= 11 is 0. The van der Waals surface area contributed by atoms with Crippen molar-refractivity contribution in [2.24, 2.45) is 16.8 Å². The fourth-order valence-corrected chi connectivity index (χ4v) is 1.54. The smallest absolute Gasteiger partial charge is 0.335 e. The van der Waals surface area contributed by atoms with E-state index in [9.17, 15) is 4.79 Å². The summed E-state index contributed by atoms with van der Waals surface area (Å²) < 4.78 is 0. The zero-order chi connectivity index (χ0) is 12.3. The number of hydrazine groups is 1. The number of nitrogens with zero attached hydrogens (tertiary/aromatic N) is 3. The van der Waals surface area contributed by atoms with Crippen molar-refractivity contribution in [3.63, 3.8) is 0 Å². The molecule has 7 heteroatoms. The van der Waals surface area contributed by atoms with Crippen LogP contribution in [0.5, 0.6) is 0 Å². The van der Waals surface area contributed by atoms with Gasteiger partial charge >= 0.3 is 5.97 Å². The quantitative estimate of drug-likeness (QED) is 0.331. The molecule has 0 aromatic carbocycles. The van der Waals surface area contributed by atoms with Crippen LogP contribution in [-0.2, 0) is 4.79 Å². The van der Waals surface area contributed by atoms with Gasteiger partial charge in [0.15, 0.2) is 0 Å². The number of carboxylic acids is 1. The molecule has 7 nitrogen and oxygen atoms in total. The number of carbonyl (C=O) groups is 1. The van der Waals surface area contributed by atoms with E-state index in [1.165, 1.54) is 5.01 Å². The zero-order valence-corrected chi connectivity index (χ0v) is 9.05. The van der Waals surface area contributed by atoms with E-state index in [2.05, 4.69) is 11.7 Å². The number of hydrazone groups is 1. The first kappa shape index (κ1) is 12.1. The second-order valence-corrected chi connectivity index (χ2v) is 3.33. The van der Waals surface area contributed by atoms with Crippen LogP contribution in [0.3, 0.4) is 0 Å². The predicted octanol–water partition coefficient (Wildman–Crippen LogP) is -0.748. The SMILES string of the molecule is C=CCN1C(C)=C(C(=O)O)CN(N)/C1=N\N. The normalized spacial score (nSPS) is 19.2. The second kappa shape index (κ2) is 4.67. The molecule has 1 aliphatic rings. The van der Waals surface area contributed by atoms with Crippen LogP contribution in [0.2, 0.25) is 0 Å². The number of nitrogens with two attached hydrogens (primary N) is 2. The van der Waals surface area contributed by atoms with E-state index in [4.69, 9.17) is 16.8 Å². The second-order valence-electron chi connectivity index (χ2n) is 3.33. The van der Waals surface area contributed by atoms with Crippen molar-refractivity contribution in [3.8, 4) is 0 Å². The van der Waals surface area contributed by atoms with E-state index < -0.39 is 5.97 Å². The third kappa shape index (κ3) is 1.98. The van der Waals surface area contributed by atoms with Crippen LogP contribution in [-0.4, -0.2) is 40.0 Å². The molecule has 0 saturated heterocycles. The van der Waals surface area contributed by atoms with Crippen LogP contribution >= 0.6 is 0 Å². The average Bonchev–Trinajstić information content (AvgIpc) is 2.23. The molecule has 0 saturated carbocycles. The first-order valence-corrected chi connectivity index (χ1v) is 4.64. The summed E-state index contributed by atoms with van der Waals surface area (Å²) in [6.45, 7) is 5.74. The van der Waals surface area contributed by atoms with Crippen molar-refractivity contribution in [2.45, 2.75) is 6.92 Å². The average molecular weight is 225 g/mol. The highest BCUT2D eigenvalue weighted by Gasteiger charge is 2.29. The highest BCUT2D eigenvalue weighted by atomic mass is 16.4. The Bertz CT molecular complexity index is 374. The fourth-order valence-electron chi connectivity index (χ4n) is 1.54. The van der Waals surface area contributed by atoms with Gasteiger partial charge in [0.05, 0.1) is 12.1 Å². The summed E-state index contributed by atoms with van der Waals surface area (Å²) in [7, 11) is 0. The van der Waals surface area contributed by atoms with E-state index in [-0.39, 0.29) is 12.1 Å². The standard InChI is InChI=1S/C9H15N5O2/c1-3-4-13-6(2)7(8(15)16)5-14(11)9(13)12-10/h3H,1,4-5,10-11H2,2H3,(H,15,16)/b12-9-. The Labute approximate surface area is 93.3 Å². The maximum Gasteiger partial charge on any atom is 0.335 e. The zero-order valence-electron chi connectivity index (χ0n) is 9.05. The highest BCUT2D eigenvalue weighted by Crippen LogP contribution is 2.18. The van der Waals surface area contributed by atoms with Crippen molar-refractivity contribution in [1.29, 1.82) is 0 Å². The summed E-state index contributed by atoms with van der Waals surface area (Å²) in [5.74, 6) is 10.2. The summed E-state index contributed by atoms with van der Waals surface area (Å²) in [5.41, 5.74) is 0.787. The van der Waals surface area contributed by atoms with Crippen molar-refractivity contribution in [2.75, 3.05) is 13.1 Å². The molecular weight excluding hydrogens is 210 g/mol. The van der Waals surface area contributed by atoms with Gasteiger partial charge in [0.2, 0.25) is 5.96 Å². The van der Waals surface area contributed by atoms with Crippen LogP contribution in [0, 0.1) is 0 Å². The van der Waals surface area contributed by atoms with Crippen molar-refractivity contribution in [1.82, 2.24) is 9.91 Å². The van der Waals surface area contributed by atoms with Crippen LogP contribution < -0.4 is 11.7 Å². The van der Waals surface area contributed by atoms with Gasteiger partial charge in [-0.2, -0.15) is 0 Å². The van der Waals surface area contributed by atoms with Crippen molar-refractivity contribution >= 4 is 11.9 Å². The first-order valence-electron chi connectivity index (χ1n) is 4.64. The molecule has 5 N–H and O–H groups in total. The van der Waals surface area contributed by atoms with Crippen molar-refractivity contribution < 1.29 is 9.90 Å². The Morgan fingerprint density at radius 1 is 1.75 bits per heavy atom. The molecule has 88 valence electrons. The van der Waals surface area contributed by atoms with Gasteiger partial charge in [0.25, 0.3) is 0 Å². The molecule has 1 heterocycles. The van der Waals surface area contributed by atoms with E-state index in [1.54, 1.807) is 17.9 Å². The maximum absolute atomic E-state index is 11.0. The Hall–Kier alpha value is -2.02. The lowest BCUT2D eigenvalue weighted by Gasteiger charge is -2.36. The molecule has 0 aromatic heterocycles. The Kier molecular flexibility index (Phi) is 3.51. The summed E-state index contributed by atoms with van der Waals surface area (Å²) in [6.07, 6.45) is 1.62. The summed E-state index contributed by atoms with van der Waals surface area (Å²) in [5, 5.41) is 13.7. The minimum Gasteiger partial charge on any atom is -0.478 e. The molecule has 0 radical (unpaired) electrons. The number of rotatable bonds is 3. The molecule has 0 fully saturated rings. The van der Waals surface area contributed by atoms with Gasteiger partial charge in [0.1, 0.15) is 0 Å². The van der Waals surface area contributed by atoms with Crippen LogP contribution in [0.15, 0.2) is 29.0 Å². The molecular formula is C9H15N5O2. The number of hydrogen-bond donors (Lipinski definition) is 3. The summed E-state index contributed by atoms with van der Waals surface area (Å²) in [4.78, 5) is 12.6. The van der Waals surface area contributed by atoms with Gasteiger partial charge in [-0.25, -0.2) is 10.6 Å². The number of aliphatic carboxylic acids is 1. The van der Waals surface area contributed by atoms with Crippen molar-refractivity contribution in [3.05, 3.63) is 23.9 Å². The topological polar surface area (TPSA) is 108 Å². The molecule has 0 atom stereocenters. The molecule has 0 spiro atoms. The van der Waals surface area contributed by atoms with E-state index in [0.717, 1.165) is 0 Å². The minimum absolute atomic E-state index is 0.0742. The Balaban J connectivity index is 3.19. The largest absolute Gasteiger partial charge is 0.478 e. The molecule has 1 aliphatic heterocycles.